The topological polar surface area (TPSA) is 9.23 Å². The van der Waals surface area contributed by atoms with E-state index in [-0.39, 0.29) is 18.9 Å². The van der Waals surface area contributed by atoms with Crippen molar-refractivity contribution in [2.75, 3.05) is 7.11 Å². The van der Waals surface area contributed by atoms with Crippen LogP contribution in [0.2, 0.25) is 0 Å². The molecule has 0 radical (unpaired) electrons. The summed E-state index contributed by atoms with van der Waals surface area (Å²) in [4.78, 5) is 0. The standard InChI is InChI=1S/C7H6BrO.Li/c1-9-7-4-2-3-6(8)5-7;/h2-3,5H,1H3;/q-1;+1. The van der Waals surface area contributed by atoms with Gasteiger partial charge in [-0.2, -0.15) is 12.1 Å². The van der Waals surface area contributed by atoms with E-state index in [1.807, 2.05) is 18.2 Å². The van der Waals surface area contributed by atoms with Crippen molar-refractivity contribution in [2.24, 2.45) is 0 Å². The average molecular weight is 193 g/mol. The maximum absolute atomic E-state index is 4.91. The van der Waals surface area contributed by atoms with E-state index < -0.39 is 0 Å². The molecule has 1 nitrogen and oxygen atoms in total. The van der Waals surface area contributed by atoms with Gasteiger partial charge in [-0.1, -0.05) is 20.4 Å². The molecule has 0 N–H and O–H groups in total. The summed E-state index contributed by atoms with van der Waals surface area (Å²) < 4.78 is 5.92. The molecule has 0 fully saturated rings. The molecule has 0 unspecified atom stereocenters. The molecule has 10 heavy (non-hydrogen) atoms. The third-order valence-corrected chi connectivity index (χ3v) is 1.45. The van der Waals surface area contributed by atoms with Crippen LogP contribution in [0.15, 0.2) is 22.7 Å². The predicted octanol–water partition coefficient (Wildman–Crippen LogP) is -0.738. The fourth-order valence-electron chi connectivity index (χ4n) is 0.536. The number of methoxy groups -OCH3 is 1. The van der Waals surface area contributed by atoms with Crippen molar-refractivity contribution in [1.29, 1.82) is 0 Å². The summed E-state index contributed by atoms with van der Waals surface area (Å²) in [6.45, 7) is 0. The summed E-state index contributed by atoms with van der Waals surface area (Å²) in [7, 11) is 1.62. The van der Waals surface area contributed by atoms with Gasteiger partial charge in [-0.15, -0.1) is 12.1 Å². The van der Waals surface area contributed by atoms with Crippen molar-refractivity contribution < 1.29 is 23.6 Å². The van der Waals surface area contributed by atoms with Crippen LogP contribution in [0.25, 0.3) is 0 Å². The number of hydrogen-bond donors (Lipinski definition) is 0. The summed E-state index contributed by atoms with van der Waals surface area (Å²) in [6.07, 6.45) is 0. The van der Waals surface area contributed by atoms with E-state index in [9.17, 15) is 0 Å². The van der Waals surface area contributed by atoms with Crippen LogP contribution < -0.4 is 23.6 Å². The normalized spacial score (nSPS) is 8.20. The second-order valence-electron chi connectivity index (χ2n) is 1.58. The largest absolute Gasteiger partial charge is 1.00 e. The molecule has 3 heteroatoms. The van der Waals surface area contributed by atoms with E-state index in [1.54, 1.807) is 7.11 Å². The Hall–Kier alpha value is 0.0974. The summed E-state index contributed by atoms with van der Waals surface area (Å²) >= 11 is 3.30. The van der Waals surface area contributed by atoms with E-state index in [0.29, 0.717) is 0 Å². The molecule has 0 saturated carbocycles. The molecule has 48 valence electrons. The van der Waals surface area contributed by atoms with E-state index in [2.05, 4.69) is 22.0 Å². The molecule has 0 atom stereocenters. The monoisotopic (exact) mass is 192 g/mol. The molecule has 1 aromatic rings. The Balaban J connectivity index is 0.000000810. The van der Waals surface area contributed by atoms with Crippen LogP contribution in [0.3, 0.4) is 0 Å². The molecule has 1 aromatic carbocycles. The zero-order valence-electron chi connectivity index (χ0n) is 6.02. The molecule has 0 amide bonds. The van der Waals surface area contributed by atoms with Gasteiger partial charge >= 0.3 is 18.9 Å². The number of halogens is 1. The van der Waals surface area contributed by atoms with Crippen LogP contribution >= 0.6 is 15.9 Å². The molecule has 0 heterocycles. The minimum atomic E-state index is 0. The molecule has 0 spiro atoms. The van der Waals surface area contributed by atoms with Gasteiger partial charge in [0, 0.05) is 5.75 Å². The first-order valence-corrected chi connectivity index (χ1v) is 3.33. The summed E-state index contributed by atoms with van der Waals surface area (Å²) in [5.74, 6) is 0.754. The number of ether oxygens (including phenoxy) is 1. The van der Waals surface area contributed by atoms with Crippen LogP contribution in [0.5, 0.6) is 5.75 Å². The molecule has 0 saturated heterocycles. The smallest absolute Gasteiger partial charge is 0.523 e. The average Bonchev–Trinajstić information content (AvgIpc) is 1.88. The molecular weight excluding hydrogens is 187 g/mol. The maximum atomic E-state index is 4.91. The fraction of sp³-hybridized carbons (Fsp3) is 0.143. The zero-order chi connectivity index (χ0) is 6.69. The zero-order valence-corrected chi connectivity index (χ0v) is 7.60. The molecule has 0 aromatic heterocycles. The quantitative estimate of drug-likeness (QED) is 0.421. The van der Waals surface area contributed by atoms with Gasteiger partial charge in [-0.3, -0.25) is 0 Å². The molecule has 0 aliphatic rings. The van der Waals surface area contributed by atoms with Gasteiger partial charge in [-0.25, -0.2) is 0 Å². The van der Waals surface area contributed by atoms with Crippen molar-refractivity contribution in [1.82, 2.24) is 0 Å². The van der Waals surface area contributed by atoms with Crippen molar-refractivity contribution in [3.05, 3.63) is 28.7 Å². The SMILES string of the molecule is COc1[c-]ccc(Br)c1.[Li+]. The molecule has 1 rings (SSSR count). The van der Waals surface area contributed by atoms with Crippen molar-refractivity contribution in [2.45, 2.75) is 0 Å². The van der Waals surface area contributed by atoms with Gasteiger partial charge in [0.25, 0.3) is 0 Å². The van der Waals surface area contributed by atoms with Crippen molar-refractivity contribution in [3.63, 3.8) is 0 Å². The van der Waals surface area contributed by atoms with Crippen molar-refractivity contribution >= 4 is 15.9 Å². The van der Waals surface area contributed by atoms with Crippen LogP contribution in [-0.2, 0) is 0 Å². The van der Waals surface area contributed by atoms with Gasteiger partial charge in [0.05, 0.1) is 7.11 Å². The third kappa shape index (κ3) is 2.79. The first-order chi connectivity index (χ1) is 4.33. The Morgan fingerprint density at radius 3 is 2.70 bits per heavy atom. The summed E-state index contributed by atoms with van der Waals surface area (Å²) in [5.41, 5.74) is 0. The third-order valence-electron chi connectivity index (χ3n) is 0.957. The Morgan fingerprint density at radius 2 is 2.30 bits per heavy atom. The minimum absolute atomic E-state index is 0. The Kier molecular flexibility index (Phi) is 4.89. The van der Waals surface area contributed by atoms with E-state index in [0.717, 1.165) is 10.2 Å². The molecule has 0 aliphatic carbocycles. The van der Waals surface area contributed by atoms with Gasteiger partial charge in [0.2, 0.25) is 0 Å². The second-order valence-corrected chi connectivity index (χ2v) is 2.49. The van der Waals surface area contributed by atoms with Crippen molar-refractivity contribution in [3.8, 4) is 5.75 Å². The van der Waals surface area contributed by atoms with Crippen LogP contribution in [0.1, 0.15) is 0 Å². The van der Waals surface area contributed by atoms with Gasteiger partial charge in [0.15, 0.2) is 0 Å². The minimum Gasteiger partial charge on any atom is -0.523 e. The molecule has 0 bridgehead atoms. The van der Waals surface area contributed by atoms with E-state index >= 15 is 0 Å². The first kappa shape index (κ1) is 10.1. The van der Waals surface area contributed by atoms with Crippen LogP contribution in [0, 0.1) is 6.07 Å². The number of rotatable bonds is 1. The van der Waals surface area contributed by atoms with Crippen LogP contribution in [-0.4, -0.2) is 7.11 Å². The number of benzene rings is 1. The van der Waals surface area contributed by atoms with Gasteiger partial charge in [0.1, 0.15) is 0 Å². The van der Waals surface area contributed by atoms with Gasteiger partial charge < -0.3 is 4.74 Å². The Morgan fingerprint density at radius 1 is 1.60 bits per heavy atom. The van der Waals surface area contributed by atoms with E-state index in [4.69, 9.17) is 4.74 Å². The fourth-order valence-corrected chi connectivity index (χ4v) is 0.876. The second kappa shape index (κ2) is 4.84. The Labute approximate surface area is 81.1 Å². The summed E-state index contributed by atoms with van der Waals surface area (Å²) in [5, 5.41) is 0. The first-order valence-electron chi connectivity index (χ1n) is 2.54. The molecule has 0 aliphatic heterocycles. The summed E-state index contributed by atoms with van der Waals surface area (Å²) in [6, 6.07) is 8.48. The molecular formula is C7H6BrLiO. The maximum Gasteiger partial charge on any atom is 1.00 e. The number of hydrogen-bond acceptors (Lipinski definition) is 1. The predicted molar refractivity (Wildman–Crippen MR) is 39.5 cm³/mol. The van der Waals surface area contributed by atoms with Crippen LogP contribution in [0.4, 0.5) is 0 Å². The Bertz CT molecular complexity index is 203. The van der Waals surface area contributed by atoms with E-state index in [1.165, 1.54) is 0 Å². The van der Waals surface area contributed by atoms with Gasteiger partial charge in [-0.05, 0) is 0 Å².